The number of hydrogen-bond acceptors (Lipinski definition) is 1. The topological polar surface area (TPSA) is 20.2 Å². The molecular weight excluding hydrogens is 196 g/mol. The van der Waals surface area contributed by atoms with Gasteiger partial charge in [-0.3, -0.25) is 0 Å². The molecule has 1 N–H and O–H groups in total. The summed E-state index contributed by atoms with van der Waals surface area (Å²) in [6, 6.07) is 8.92. The van der Waals surface area contributed by atoms with Crippen molar-refractivity contribution >= 4 is 0 Å². The zero-order valence-electron chi connectivity index (χ0n) is 9.73. The third-order valence-electron chi connectivity index (χ3n) is 4.39. The van der Waals surface area contributed by atoms with Crippen molar-refractivity contribution in [3.63, 3.8) is 0 Å². The lowest BCUT2D eigenvalue weighted by molar-refractivity contribution is 0.181. The van der Waals surface area contributed by atoms with Crippen LogP contribution in [0.15, 0.2) is 24.3 Å². The summed E-state index contributed by atoms with van der Waals surface area (Å²) in [5.41, 5.74) is 3.11. The number of aliphatic hydroxyl groups excluding tert-OH is 1. The number of rotatable bonds is 2. The van der Waals surface area contributed by atoms with E-state index < -0.39 is 0 Å². The minimum Gasteiger partial charge on any atom is -0.393 e. The fraction of sp³-hybridized carbons (Fsp3) is 0.600. The van der Waals surface area contributed by atoms with Gasteiger partial charge in [-0.15, -0.1) is 0 Å². The molecule has 2 aliphatic rings. The van der Waals surface area contributed by atoms with E-state index in [-0.39, 0.29) is 6.10 Å². The van der Waals surface area contributed by atoms with Crippen LogP contribution in [0.2, 0.25) is 0 Å². The lowest BCUT2D eigenvalue weighted by Gasteiger charge is -2.29. The molecule has 86 valence electrons. The highest BCUT2D eigenvalue weighted by molar-refractivity contribution is 5.35. The van der Waals surface area contributed by atoms with E-state index in [1.807, 2.05) is 0 Å². The minimum atomic E-state index is -0.0561. The van der Waals surface area contributed by atoms with Gasteiger partial charge in [0.15, 0.2) is 0 Å². The van der Waals surface area contributed by atoms with Crippen molar-refractivity contribution in [1.82, 2.24) is 0 Å². The molecular formula is C15H20O. The SMILES string of the molecule is OC1CCC(c2ccccc2C2CCC2)C1. The maximum Gasteiger partial charge on any atom is 0.0546 e. The van der Waals surface area contributed by atoms with E-state index in [1.54, 1.807) is 5.56 Å². The van der Waals surface area contributed by atoms with Gasteiger partial charge in [-0.05, 0) is 55.1 Å². The van der Waals surface area contributed by atoms with Crippen LogP contribution in [0.4, 0.5) is 0 Å². The molecule has 0 radical (unpaired) electrons. The molecule has 1 aromatic rings. The average molecular weight is 216 g/mol. The van der Waals surface area contributed by atoms with Crippen LogP contribution in [0.25, 0.3) is 0 Å². The molecule has 1 aromatic carbocycles. The van der Waals surface area contributed by atoms with Gasteiger partial charge < -0.3 is 5.11 Å². The second kappa shape index (κ2) is 4.21. The van der Waals surface area contributed by atoms with Gasteiger partial charge in [-0.2, -0.15) is 0 Å². The first-order valence-corrected chi connectivity index (χ1v) is 6.61. The van der Waals surface area contributed by atoms with Crippen LogP contribution in [0.1, 0.15) is 61.5 Å². The van der Waals surface area contributed by atoms with Crippen LogP contribution in [0, 0.1) is 0 Å². The molecule has 0 aromatic heterocycles. The van der Waals surface area contributed by atoms with Crippen LogP contribution in [0.5, 0.6) is 0 Å². The van der Waals surface area contributed by atoms with Crippen molar-refractivity contribution in [2.45, 2.75) is 56.5 Å². The molecule has 16 heavy (non-hydrogen) atoms. The van der Waals surface area contributed by atoms with Crippen molar-refractivity contribution < 1.29 is 5.11 Å². The van der Waals surface area contributed by atoms with E-state index in [4.69, 9.17) is 0 Å². The molecule has 2 saturated carbocycles. The van der Waals surface area contributed by atoms with E-state index >= 15 is 0 Å². The van der Waals surface area contributed by atoms with Gasteiger partial charge in [0.25, 0.3) is 0 Å². The second-order valence-corrected chi connectivity index (χ2v) is 5.42. The Bertz CT molecular complexity index is 367. The Labute approximate surface area is 97.5 Å². The zero-order valence-corrected chi connectivity index (χ0v) is 9.73. The Balaban J connectivity index is 1.87. The van der Waals surface area contributed by atoms with Crippen molar-refractivity contribution in [2.24, 2.45) is 0 Å². The van der Waals surface area contributed by atoms with Crippen molar-refractivity contribution in [3.05, 3.63) is 35.4 Å². The monoisotopic (exact) mass is 216 g/mol. The van der Waals surface area contributed by atoms with E-state index in [1.165, 1.54) is 31.2 Å². The molecule has 0 heterocycles. The second-order valence-electron chi connectivity index (χ2n) is 5.42. The van der Waals surface area contributed by atoms with Crippen molar-refractivity contribution in [3.8, 4) is 0 Å². The highest BCUT2D eigenvalue weighted by atomic mass is 16.3. The van der Waals surface area contributed by atoms with E-state index in [0.29, 0.717) is 5.92 Å². The highest BCUT2D eigenvalue weighted by Crippen LogP contribution is 2.43. The molecule has 0 spiro atoms. The Hall–Kier alpha value is -0.820. The number of hydrogen-bond donors (Lipinski definition) is 1. The maximum absolute atomic E-state index is 9.66. The summed E-state index contributed by atoms with van der Waals surface area (Å²) in [6.45, 7) is 0. The van der Waals surface area contributed by atoms with Crippen LogP contribution in [-0.2, 0) is 0 Å². The summed E-state index contributed by atoms with van der Waals surface area (Å²) in [4.78, 5) is 0. The normalized spacial score (nSPS) is 30.3. The lowest BCUT2D eigenvalue weighted by atomic mass is 9.76. The van der Waals surface area contributed by atoms with Gasteiger partial charge in [0.1, 0.15) is 0 Å². The van der Waals surface area contributed by atoms with Gasteiger partial charge >= 0.3 is 0 Å². The largest absolute Gasteiger partial charge is 0.393 e. The standard InChI is InChI=1S/C15H20O/c16-13-9-8-12(10-13)15-7-2-1-6-14(15)11-4-3-5-11/h1-2,6-7,11-13,16H,3-5,8-10H2. The molecule has 0 saturated heterocycles. The lowest BCUT2D eigenvalue weighted by Crippen LogP contribution is -2.12. The molecule has 2 atom stereocenters. The van der Waals surface area contributed by atoms with Crippen molar-refractivity contribution in [1.29, 1.82) is 0 Å². The summed E-state index contributed by atoms with van der Waals surface area (Å²) in [5, 5.41) is 9.66. The first kappa shape index (κ1) is 10.3. The summed E-state index contributed by atoms with van der Waals surface area (Å²) in [5.74, 6) is 1.43. The molecule has 0 amide bonds. The van der Waals surface area contributed by atoms with Gasteiger partial charge in [-0.1, -0.05) is 30.7 Å². The fourth-order valence-corrected chi connectivity index (χ4v) is 3.21. The molecule has 0 aliphatic heterocycles. The first-order valence-electron chi connectivity index (χ1n) is 6.61. The third kappa shape index (κ3) is 1.78. The Morgan fingerprint density at radius 1 is 0.875 bits per heavy atom. The molecule has 2 fully saturated rings. The minimum absolute atomic E-state index is 0.0561. The van der Waals surface area contributed by atoms with E-state index in [0.717, 1.165) is 18.8 Å². The Morgan fingerprint density at radius 3 is 2.06 bits per heavy atom. The summed E-state index contributed by atoms with van der Waals surface area (Å²) in [6.07, 6.45) is 7.21. The fourth-order valence-electron chi connectivity index (χ4n) is 3.21. The molecule has 0 bridgehead atoms. The summed E-state index contributed by atoms with van der Waals surface area (Å²) < 4.78 is 0. The van der Waals surface area contributed by atoms with Crippen molar-refractivity contribution in [2.75, 3.05) is 0 Å². The quantitative estimate of drug-likeness (QED) is 0.801. The van der Waals surface area contributed by atoms with Crippen LogP contribution in [-0.4, -0.2) is 11.2 Å². The summed E-state index contributed by atoms with van der Waals surface area (Å²) in [7, 11) is 0. The number of aliphatic hydroxyl groups is 1. The van der Waals surface area contributed by atoms with E-state index in [2.05, 4.69) is 24.3 Å². The van der Waals surface area contributed by atoms with Crippen LogP contribution in [0.3, 0.4) is 0 Å². The molecule has 1 nitrogen and oxygen atoms in total. The zero-order chi connectivity index (χ0) is 11.0. The summed E-state index contributed by atoms with van der Waals surface area (Å²) >= 11 is 0. The smallest absolute Gasteiger partial charge is 0.0546 e. The predicted molar refractivity (Wildman–Crippen MR) is 65.6 cm³/mol. The highest BCUT2D eigenvalue weighted by Gasteiger charge is 2.29. The Kier molecular flexibility index (Phi) is 2.72. The molecule has 3 rings (SSSR count). The predicted octanol–water partition coefficient (Wildman–Crippen LogP) is 3.58. The first-order chi connectivity index (χ1) is 7.84. The van der Waals surface area contributed by atoms with Gasteiger partial charge in [0.05, 0.1) is 6.10 Å². The Morgan fingerprint density at radius 2 is 1.56 bits per heavy atom. The van der Waals surface area contributed by atoms with Gasteiger partial charge in [0.2, 0.25) is 0 Å². The van der Waals surface area contributed by atoms with Gasteiger partial charge in [0, 0.05) is 0 Å². The van der Waals surface area contributed by atoms with E-state index in [9.17, 15) is 5.11 Å². The molecule has 1 heteroatoms. The molecule has 2 unspecified atom stereocenters. The maximum atomic E-state index is 9.66. The number of benzene rings is 1. The van der Waals surface area contributed by atoms with Crippen LogP contribution < -0.4 is 0 Å². The van der Waals surface area contributed by atoms with Crippen LogP contribution >= 0.6 is 0 Å². The average Bonchev–Trinajstić information content (AvgIpc) is 2.63. The third-order valence-corrected chi connectivity index (χ3v) is 4.39. The molecule has 2 aliphatic carbocycles. The van der Waals surface area contributed by atoms with Gasteiger partial charge in [-0.25, -0.2) is 0 Å².